The largest absolute Gasteiger partial charge is 0.345 e. The number of amides is 1. The Kier molecular flexibility index (Phi) is 4.61. The number of rotatable bonds is 4. The van der Waals surface area contributed by atoms with Crippen LogP contribution in [0.2, 0.25) is 0 Å². The smallest absolute Gasteiger partial charge is 0.251 e. The van der Waals surface area contributed by atoms with Gasteiger partial charge in [0.05, 0.1) is 17.9 Å². The van der Waals surface area contributed by atoms with Gasteiger partial charge in [0.1, 0.15) is 5.82 Å². The van der Waals surface area contributed by atoms with E-state index in [-0.39, 0.29) is 5.91 Å². The Morgan fingerprint density at radius 1 is 0.960 bits per heavy atom. The van der Waals surface area contributed by atoms with E-state index in [0.717, 1.165) is 28.5 Å². The van der Waals surface area contributed by atoms with Crippen LogP contribution in [0.25, 0.3) is 5.69 Å². The van der Waals surface area contributed by atoms with Crippen molar-refractivity contribution in [3.63, 3.8) is 0 Å². The monoisotopic (exact) mass is 335 g/mol. The summed E-state index contributed by atoms with van der Waals surface area (Å²) in [6.45, 7) is 8.10. The number of carbonyl (C=O) groups excluding carboxylic acids is 1. The van der Waals surface area contributed by atoms with Crippen LogP contribution in [0.5, 0.6) is 0 Å². The fourth-order valence-corrected chi connectivity index (χ4v) is 2.78. The minimum absolute atomic E-state index is 0.150. The summed E-state index contributed by atoms with van der Waals surface area (Å²) in [6.07, 6.45) is 0. The van der Waals surface area contributed by atoms with Crippen molar-refractivity contribution in [1.29, 1.82) is 0 Å². The molecule has 0 radical (unpaired) electrons. The molecule has 0 bridgehead atoms. The van der Waals surface area contributed by atoms with Crippen LogP contribution in [0.1, 0.15) is 39.0 Å². The third-order valence-electron chi connectivity index (χ3n) is 3.82. The van der Waals surface area contributed by atoms with E-state index in [1.165, 1.54) is 0 Å². The van der Waals surface area contributed by atoms with Crippen molar-refractivity contribution in [2.24, 2.45) is 0 Å². The van der Waals surface area contributed by atoms with Crippen molar-refractivity contribution in [2.75, 3.05) is 0 Å². The minimum Gasteiger partial charge on any atom is -0.345 e. The fourth-order valence-electron chi connectivity index (χ4n) is 2.78. The van der Waals surface area contributed by atoms with Gasteiger partial charge in [0.25, 0.3) is 5.91 Å². The molecule has 3 aromatic rings. The van der Waals surface area contributed by atoms with E-state index < -0.39 is 0 Å². The predicted octanol–water partition coefficient (Wildman–Crippen LogP) is 2.83. The molecule has 0 unspecified atom stereocenters. The van der Waals surface area contributed by atoms with E-state index in [9.17, 15) is 4.79 Å². The van der Waals surface area contributed by atoms with Crippen molar-refractivity contribution in [1.82, 2.24) is 25.1 Å². The van der Waals surface area contributed by atoms with E-state index in [1.807, 2.05) is 56.6 Å². The molecule has 1 aromatic carbocycles. The van der Waals surface area contributed by atoms with Gasteiger partial charge in [0.15, 0.2) is 0 Å². The van der Waals surface area contributed by atoms with Crippen LogP contribution >= 0.6 is 0 Å². The Balaban J connectivity index is 1.69. The highest BCUT2D eigenvalue weighted by molar-refractivity contribution is 5.94. The molecule has 1 amide bonds. The Bertz CT molecular complexity index is 892. The maximum Gasteiger partial charge on any atom is 0.251 e. The lowest BCUT2D eigenvalue weighted by Gasteiger charge is -2.08. The SMILES string of the molecule is Cc1cc(C)nc(CNC(=O)c2ccc(-n3nc(C)cc3C)cc2)n1. The van der Waals surface area contributed by atoms with Gasteiger partial charge >= 0.3 is 0 Å². The standard InChI is InChI=1S/C19H21N5O/c1-12-9-13(2)22-18(21-12)11-20-19(25)16-5-7-17(8-6-16)24-15(4)10-14(3)23-24/h5-10H,11H2,1-4H3,(H,20,25). The molecule has 0 atom stereocenters. The van der Waals surface area contributed by atoms with E-state index in [4.69, 9.17) is 0 Å². The summed E-state index contributed by atoms with van der Waals surface area (Å²) >= 11 is 0. The van der Waals surface area contributed by atoms with Gasteiger partial charge in [-0.3, -0.25) is 4.79 Å². The topological polar surface area (TPSA) is 72.7 Å². The Morgan fingerprint density at radius 3 is 2.16 bits per heavy atom. The number of benzene rings is 1. The first-order valence-electron chi connectivity index (χ1n) is 8.15. The van der Waals surface area contributed by atoms with Gasteiger partial charge in [0.2, 0.25) is 0 Å². The summed E-state index contributed by atoms with van der Waals surface area (Å²) in [4.78, 5) is 21.0. The first-order valence-corrected chi connectivity index (χ1v) is 8.15. The number of hydrogen-bond acceptors (Lipinski definition) is 4. The number of aryl methyl sites for hydroxylation is 4. The highest BCUT2D eigenvalue weighted by atomic mass is 16.1. The fraction of sp³-hybridized carbons (Fsp3) is 0.263. The van der Waals surface area contributed by atoms with Gasteiger partial charge in [-0.05, 0) is 64.1 Å². The third kappa shape index (κ3) is 3.91. The summed E-state index contributed by atoms with van der Waals surface area (Å²) in [5.41, 5.74) is 5.33. The van der Waals surface area contributed by atoms with Crippen molar-refractivity contribution < 1.29 is 4.79 Å². The first kappa shape index (κ1) is 16.8. The Morgan fingerprint density at radius 2 is 1.60 bits per heavy atom. The van der Waals surface area contributed by atoms with Gasteiger partial charge in [-0.15, -0.1) is 0 Å². The van der Waals surface area contributed by atoms with Crippen LogP contribution in [0.4, 0.5) is 0 Å². The molecule has 0 aliphatic carbocycles. The van der Waals surface area contributed by atoms with Gasteiger partial charge in [-0.2, -0.15) is 5.10 Å². The second-order valence-electron chi connectivity index (χ2n) is 6.14. The molecule has 6 heteroatoms. The van der Waals surface area contributed by atoms with Gasteiger partial charge in [0, 0.05) is 22.6 Å². The number of carbonyl (C=O) groups is 1. The molecule has 6 nitrogen and oxygen atoms in total. The highest BCUT2D eigenvalue weighted by Crippen LogP contribution is 2.13. The molecule has 0 saturated carbocycles. The molecule has 2 aromatic heterocycles. The average Bonchev–Trinajstić information content (AvgIpc) is 2.90. The predicted molar refractivity (Wildman–Crippen MR) is 95.7 cm³/mol. The number of nitrogens with one attached hydrogen (secondary N) is 1. The lowest BCUT2D eigenvalue weighted by Crippen LogP contribution is -2.24. The molecular weight excluding hydrogens is 314 g/mol. The highest BCUT2D eigenvalue weighted by Gasteiger charge is 2.09. The summed E-state index contributed by atoms with van der Waals surface area (Å²) in [5.74, 6) is 0.466. The number of nitrogens with zero attached hydrogens (tertiary/aromatic N) is 4. The van der Waals surface area contributed by atoms with Gasteiger partial charge in [-0.25, -0.2) is 14.6 Å². The van der Waals surface area contributed by atoms with E-state index >= 15 is 0 Å². The summed E-state index contributed by atoms with van der Waals surface area (Å²) in [5, 5.41) is 7.31. The van der Waals surface area contributed by atoms with Crippen LogP contribution in [-0.4, -0.2) is 25.7 Å². The molecule has 0 aliphatic rings. The van der Waals surface area contributed by atoms with Crippen LogP contribution in [0.3, 0.4) is 0 Å². The van der Waals surface area contributed by atoms with Crippen LogP contribution in [0.15, 0.2) is 36.4 Å². The van der Waals surface area contributed by atoms with Crippen LogP contribution in [0, 0.1) is 27.7 Å². The maximum absolute atomic E-state index is 12.3. The first-order chi connectivity index (χ1) is 11.9. The molecule has 25 heavy (non-hydrogen) atoms. The Labute approximate surface area is 146 Å². The van der Waals surface area contributed by atoms with Crippen molar-refractivity contribution in [3.05, 3.63) is 70.6 Å². The van der Waals surface area contributed by atoms with Gasteiger partial charge in [-0.1, -0.05) is 0 Å². The molecule has 0 aliphatic heterocycles. The van der Waals surface area contributed by atoms with E-state index in [0.29, 0.717) is 17.9 Å². The van der Waals surface area contributed by atoms with Crippen molar-refractivity contribution >= 4 is 5.91 Å². The summed E-state index contributed by atoms with van der Waals surface area (Å²) < 4.78 is 1.86. The van der Waals surface area contributed by atoms with E-state index in [2.05, 4.69) is 20.4 Å². The summed E-state index contributed by atoms with van der Waals surface area (Å²) in [7, 11) is 0. The zero-order valence-corrected chi connectivity index (χ0v) is 14.9. The van der Waals surface area contributed by atoms with Crippen molar-refractivity contribution in [3.8, 4) is 5.69 Å². The zero-order valence-electron chi connectivity index (χ0n) is 14.9. The molecular formula is C19H21N5O. The second kappa shape index (κ2) is 6.84. The number of hydrogen-bond donors (Lipinski definition) is 1. The molecule has 1 N–H and O–H groups in total. The quantitative estimate of drug-likeness (QED) is 0.796. The summed E-state index contributed by atoms with van der Waals surface area (Å²) in [6, 6.07) is 11.3. The lowest BCUT2D eigenvalue weighted by atomic mass is 10.2. The average molecular weight is 335 g/mol. The zero-order chi connectivity index (χ0) is 18.0. The molecule has 3 rings (SSSR count). The van der Waals surface area contributed by atoms with Gasteiger partial charge < -0.3 is 5.32 Å². The minimum atomic E-state index is -0.150. The maximum atomic E-state index is 12.3. The molecule has 0 fully saturated rings. The van der Waals surface area contributed by atoms with Crippen LogP contribution in [-0.2, 0) is 6.54 Å². The lowest BCUT2D eigenvalue weighted by molar-refractivity contribution is 0.0950. The van der Waals surface area contributed by atoms with Crippen molar-refractivity contribution in [2.45, 2.75) is 34.2 Å². The third-order valence-corrected chi connectivity index (χ3v) is 3.82. The molecule has 128 valence electrons. The molecule has 2 heterocycles. The number of aromatic nitrogens is 4. The Hall–Kier alpha value is -3.02. The molecule has 0 saturated heterocycles. The molecule has 0 spiro atoms. The normalized spacial score (nSPS) is 10.7. The van der Waals surface area contributed by atoms with E-state index in [1.54, 1.807) is 12.1 Å². The second-order valence-corrected chi connectivity index (χ2v) is 6.14. The van der Waals surface area contributed by atoms with Crippen LogP contribution < -0.4 is 5.32 Å².